The van der Waals surface area contributed by atoms with Crippen molar-refractivity contribution in [1.29, 1.82) is 0 Å². The van der Waals surface area contributed by atoms with Crippen LogP contribution in [0.5, 0.6) is 11.5 Å². The second kappa shape index (κ2) is 7.05. The van der Waals surface area contributed by atoms with Crippen molar-refractivity contribution in [3.05, 3.63) is 69.7 Å². The third-order valence-corrected chi connectivity index (χ3v) is 4.85. The van der Waals surface area contributed by atoms with Crippen LogP contribution in [0.4, 0.5) is 0 Å². The Hall–Kier alpha value is -2.34. The van der Waals surface area contributed by atoms with Crippen LogP contribution in [0.1, 0.15) is 30.9 Å². The van der Waals surface area contributed by atoms with E-state index in [1.807, 2.05) is 36.4 Å². The van der Waals surface area contributed by atoms with E-state index in [0.29, 0.717) is 11.5 Å². The molecule has 0 N–H and O–H groups in total. The number of ether oxygens (including phenoxy) is 2. The molecule has 126 valence electrons. The molecule has 24 heavy (non-hydrogen) atoms. The number of benzene rings is 2. The summed E-state index contributed by atoms with van der Waals surface area (Å²) >= 11 is 1.75. The SMILES string of the molecule is CCSc1ccc(C(c2ccc3c(c2)OCO3)[C-](C)[N+](=O)[O-])cc1. The van der Waals surface area contributed by atoms with Crippen molar-refractivity contribution in [2.24, 2.45) is 0 Å². The first-order valence-electron chi connectivity index (χ1n) is 7.70. The molecule has 5 nitrogen and oxygen atoms in total. The summed E-state index contributed by atoms with van der Waals surface area (Å²) in [5, 5.41) is 11.4. The summed E-state index contributed by atoms with van der Waals surface area (Å²) in [6, 6.07) is 13.6. The lowest BCUT2D eigenvalue weighted by Gasteiger charge is -2.29. The van der Waals surface area contributed by atoms with Crippen LogP contribution in [-0.2, 0) is 0 Å². The molecule has 1 atom stereocenters. The number of nitro groups is 1. The number of thioether (sulfide) groups is 1. The minimum absolute atomic E-state index is 0.185. The predicted molar refractivity (Wildman–Crippen MR) is 93.2 cm³/mol. The molecule has 0 saturated carbocycles. The normalized spacial score (nSPS) is 13.6. The van der Waals surface area contributed by atoms with Crippen molar-refractivity contribution < 1.29 is 14.4 Å². The van der Waals surface area contributed by atoms with Crippen LogP contribution >= 0.6 is 11.8 Å². The monoisotopic (exact) mass is 344 g/mol. The summed E-state index contributed by atoms with van der Waals surface area (Å²) in [5.74, 6) is 1.87. The molecule has 1 heterocycles. The van der Waals surface area contributed by atoms with Gasteiger partial charge in [-0.05, 0) is 42.0 Å². The molecule has 0 saturated heterocycles. The van der Waals surface area contributed by atoms with E-state index in [4.69, 9.17) is 9.47 Å². The average molecular weight is 344 g/mol. The first-order chi connectivity index (χ1) is 11.6. The van der Waals surface area contributed by atoms with E-state index in [0.717, 1.165) is 21.8 Å². The Morgan fingerprint density at radius 2 is 1.83 bits per heavy atom. The van der Waals surface area contributed by atoms with Crippen LogP contribution in [-0.4, -0.2) is 17.5 Å². The molecular formula is C18H18NO4S-. The Morgan fingerprint density at radius 3 is 2.50 bits per heavy atom. The molecule has 0 bridgehead atoms. The summed E-state index contributed by atoms with van der Waals surface area (Å²) in [6.07, 6.45) is 0. The molecule has 0 aliphatic carbocycles. The molecule has 0 spiro atoms. The quantitative estimate of drug-likeness (QED) is 0.334. The smallest absolute Gasteiger partial charge is 0.231 e. The van der Waals surface area contributed by atoms with Gasteiger partial charge in [0.2, 0.25) is 6.79 Å². The van der Waals surface area contributed by atoms with E-state index in [-0.39, 0.29) is 17.8 Å². The summed E-state index contributed by atoms with van der Waals surface area (Å²) in [6.45, 7) is 3.84. The molecule has 0 fully saturated rings. The van der Waals surface area contributed by atoms with Crippen LogP contribution in [0, 0.1) is 16.2 Å². The summed E-state index contributed by atoms with van der Waals surface area (Å²) < 4.78 is 10.7. The third kappa shape index (κ3) is 3.28. The fourth-order valence-electron chi connectivity index (χ4n) is 2.80. The minimum atomic E-state index is -0.421. The van der Waals surface area contributed by atoms with Gasteiger partial charge >= 0.3 is 0 Å². The minimum Gasteiger partial charge on any atom is -0.454 e. The van der Waals surface area contributed by atoms with E-state index in [9.17, 15) is 10.1 Å². The highest BCUT2D eigenvalue weighted by Crippen LogP contribution is 2.40. The van der Waals surface area contributed by atoms with E-state index < -0.39 is 5.92 Å². The van der Waals surface area contributed by atoms with Gasteiger partial charge in [-0.25, -0.2) is 0 Å². The van der Waals surface area contributed by atoms with Gasteiger partial charge in [-0.15, -0.1) is 23.6 Å². The number of fused-ring (bicyclic) bond motifs is 1. The van der Waals surface area contributed by atoms with Crippen molar-refractivity contribution in [3.63, 3.8) is 0 Å². The largest absolute Gasteiger partial charge is 0.454 e. The first kappa shape index (κ1) is 16.5. The Kier molecular flexibility index (Phi) is 4.85. The highest BCUT2D eigenvalue weighted by Gasteiger charge is 2.22. The first-order valence-corrected chi connectivity index (χ1v) is 8.69. The fourth-order valence-corrected chi connectivity index (χ4v) is 3.46. The zero-order valence-electron chi connectivity index (χ0n) is 13.5. The molecule has 1 aliphatic heterocycles. The van der Waals surface area contributed by atoms with E-state index >= 15 is 0 Å². The summed E-state index contributed by atoms with van der Waals surface area (Å²) in [4.78, 5) is 12.2. The molecule has 1 unspecified atom stereocenters. The van der Waals surface area contributed by atoms with Crippen LogP contribution < -0.4 is 9.47 Å². The van der Waals surface area contributed by atoms with E-state index in [1.54, 1.807) is 24.8 Å². The second-order valence-electron chi connectivity index (χ2n) is 5.45. The molecular weight excluding hydrogens is 326 g/mol. The zero-order valence-corrected chi connectivity index (χ0v) is 14.3. The van der Waals surface area contributed by atoms with Gasteiger partial charge in [0.1, 0.15) is 0 Å². The van der Waals surface area contributed by atoms with Crippen molar-refractivity contribution in [2.45, 2.75) is 24.7 Å². The number of hydrogen-bond donors (Lipinski definition) is 0. The lowest BCUT2D eigenvalue weighted by molar-refractivity contribution is -0.467. The Morgan fingerprint density at radius 1 is 1.17 bits per heavy atom. The maximum absolute atomic E-state index is 11.4. The number of rotatable bonds is 6. The van der Waals surface area contributed by atoms with Crippen LogP contribution in [0.3, 0.4) is 0 Å². The molecule has 0 amide bonds. The second-order valence-corrected chi connectivity index (χ2v) is 6.78. The van der Waals surface area contributed by atoms with Gasteiger partial charge in [-0.3, -0.25) is 10.1 Å². The molecule has 0 aromatic heterocycles. The average Bonchev–Trinajstić information content (AvgIpc) is 3.04. The predicted octanol–water partition coefficient (Wildman–Crippen LogP) is 4.49. The lowest BCUT2D eigenvalue weighted by atomic mass is 9.86. The third-order valence-electron chi connectivity index (χ3n) is 3.96. The Bertz CT molecular complexity index is 732. The Balaban J connectivity index is 1.98. The van der Waals surface area contributed by atoms with Gasteiger partial charge in [0.15, 0.2) is 11.5 Å². The lowest BCUT2D eigenvalue weighted by Crippen LogP contribution is -2.17. The van der Waals surface area contributed by atoms with Gasteiger partial charge in [-0.1, -0.05) is 36.2 Å². The maximum atomic E-state index is 11.4. The summed E-state index contributed by atoms with van der Waals surface area (Å²) in [7, 11) is 0. The standard InChI is InChI=1S/C18H18NO4S/c1-3-24-15-7-4-13(5-8-15)18(12(2)19(20)21)14-6-9-16-17(10-14)23-11-22-16/h4-10,18H,3,11H2,1-2H3/q-1. The van der Waals surface area contributed by atoms with Gasteiger partial charge in [0, 0.05) is 4.90 Å². The van der Waals surface area contributed by atoms with Crippen molar-refractivity contribution in [3.8, 4) is 11.5 Å². The van der Waals surface area contributed by atoms with E-state index in [1.165, 1.54) is 0 Å². The van der Waals surface area contributed by atoms with Gasteiger partial charge in [-0.2, -0.15) is 0 Å². The highest BCUT2D eigenvalue weighted by atomic mass is 32.2. The summed E-state index contributed by atoms with van der Waals surface area (Å²) in [5.41, 5.74) is 1.72. The molecule has 2 aromatic rings. The van der Waals surface area contributed by atoms with Gasteiger partial charge in [0.25, 0.3) is 0 Å². The molecule has 6 heteroatoms. The topological polar surface area (TPSA) is 61.6 Å². The molecule has 3 rings (SSSR count). The number of nitrogens with zero attached hydrogens (tertiary/aromatic N) is 1. The van der Waals surface area contributed by atoms with Crippen molar-refractivity contribution >= 4 is 11.8 Å². The maximum Gasteiger partial charge on any atom is 0.231 e. The fraction of sp³-hybridized carbons (Fsp3) is 0.278. The molecule has 1 aliphatic rings. The van der Waals surface area contributed by atoms with E-state index in [2.05, 4.69) is 6.92 Å². The zero-order chi connectivity index (χ0) is 17.1. The van der Waals surface area contributed by atoms with Crippen LogP contribution in [0.25, 0.3) is 0 Å². The van der Waals surface area contributed by atoms with Crippen LogP contribution in [0.2, 0.25) is 0 Å². The molecule has 0 radical (unpaired) electrons. The number of hydrogen-bond acceptors (Lipinski definition) is 5. The molecule has 2 aromatic carbocycles. The van der Waals surface area contributed by atoms with Crippen molar-refractivity contribution in [2.75, 3.05) is 12.5 Å². The van der Waals surface area contributed by atoms with Gasteiger partial charge in [0.05, 0.1) is 0 Å². The van der Waals surface area contributed by atoms with Crippen molar-refractivity contribution in [1.82, 2.24) is 0 Å². The highest BCUT2D eigenvalue weighted by molar-refractivity contribution is 7.99. The van der Waals surface area contributed by atoms with Gasteiger partial charge < -0.3 is 9.47 Å². The Labute approximate surface area is 145 Å². The van der Waals surface area contributed by atoms with Crippen LogP contribution in [0.15, 0.2) is 47.4 Å².